The van der Waals surface area contributed by atoms with Crippen molar-refractivity contribution in [3.8, 4) is 0 Å². The molecule has 0 aliphatic rings. The van der Waals surface area contributed by atoms with Crippen molar-refractivity contribution in [3.63, 3.8) is 0 Å². The maximum Gasteiger partial charge on any atom is 0.335 e. The second kappa shape index (κ2) is 6.56. The molecule has 4 heteroatoms. The Morgan fingerprint density at radius 3 is 1.91 bits per heavy atom. The van der Waals surface area contributed by atoms with Gasteiger partial charge in [0.05, 0.1) is 5.56 Å². The molecule has 0 atom stereocenters. The normalized spacial score (nSPS) is 7.27. The van der Waals surface area contributed by atoms with Crippen molar-refractivity contribution in [2.45, 2.75) is 0 Å². The fourth-order valence-electron chi connectivity index (χ4n) is 0.581. The van der Waals surface area contributed by atoms with Crippen molar-refractivity contribution < 1.29 is 42.6 Å². The number of carboxylic acids is 1. The number of benzene rings is 1. The van der Waals surface area contributed by atoms with Crippen LogP contribution in [-0.4, -0.2) is 19.5 Å². The van der Waals surface area contributed by atoms with Gasteiger partial charge in [0.2, 0.25) is 0 Å². The summed E-state index contributed by atoms with van der Waals surface area (Å²) in [6.07, 6.45) is 0. The summed E-state index contributed by atoms with van der Waals surface area (Å²) in [5.41, 5.74) is 0.331. The summed E-state index contributed by atoms with van der Waals surface area (Å²) in [5.74, 6) is -0.879. The van der Waals surface area contributed by atoms with E-state index in [1.165, 1.54) is 0 Å². The number of carboxylic acid groups (broad SMARTS) is 1. The van der Waals surface area contributed by atoms with Gasteiger partial charge < -0.3 is 5.11 Å². The third-order valence-electron chi connectivity index (χ3n) is 1.02. The predicted molar refractivity (Wildman–Crippen MR) is 39.2 cm³/mol. The van der Waals surface area contributed by atoms with Gasteiger partial charge in [0.15, 0.2) is 0 Å². The molecular formula is C7H6BO2Y. The summed E-state index contributed by atoms with van der Waals surface area (Å²) < 4.78 is 0. The number of hydrogen-bond acceptors (Lipinski definition) is 1. The summed E-state index contributed by atoms with van der Waals surface area (Å²) in [6.45, 7) is 0. The zero-order valence-corrected chi connectivity index (χ0v) is 8.74. The molecule has 2 nitrogen and oxygen atoms in total. The van der Waals surface area contributed by atoms with Crippen LogP contribution in [0.3, 0.4) is 0 Å². The smallest absolute Gasteiger partial charge is 0.335 e. The first-order chi connectivity index (χ1) is 4.30. The fourth-order valence-corrected chi connectivity index (χ4v) is 0.581. The summed E-state index contributed by atoms with van der Waals surface area (Å²) in [6, 6.07) is 8.30. The summed E-state index contributed by atoms with van der Waals surface area (Å²) in [4.78, 5) is 10.2. The fraction of sp³-hybridized carbons (Fsp3) is 0. The van der Waals surface area contributed by atoms with Crippen LogP contribution in [0.5, 0.6) is 0 Å². The van der Waals surface area contributed by atoms with Gasteiger partial charge in [-0.25, -0.2) is 4.79 Å². The van der Waals surface area contributed by atoms with Crippen LogP contribution >= 0.6 is 0 Å². The molecule has 0 aromatic heterocycles. The first-order valence-electron chi connectivity index (χ1n) is 2.59. The van der Waals surface area contributed by atoms with E-state index in [2.05, 4.69) is 0 Å². The largest absolute Gasteiger partial charge is 0.478 e. The Morgan fingerprint density at radius 2 is 1.64 bits per heavy atom. The third-order valence-corrected chi connectivity index (χ3v) is 1.02. The first-order valence-corrected chi connectivity index (χ1v) is 2.59. The average molecular weight is 222 g/mol. The molecule has 0 amide bonds. The van der Waals surface area contributed by atoms with Gasteiger partial charge in [0.25, 0.3) is 0 Å². The number of rotatable bonds is 1. The minimum Gasteiger partial charge on any atom is -0.478 e. The molecule has 0 bridgehead atoms. The van der Waals surface area contributed by atoms with Crippen LogP contribution in [0.2, 0.25) is 0 Å². The van der Waals surface area contributed by atoms with E-state index in [0.717, 1.165) is 0 Å². The molecule has 1 aromatic carbocycles. The molecular weight excluding hydrogens is 216 g/mol. The SMILES string of the molecule is O=C(O)c1ccccc1.[B].[Y]. The van der Waals surface area contributed by atoms with Crippen molar-refractivity contribution in [1.29, 1.82) is 0 Å². The zero-order chi connectivity index (χ0) is 6.69. The maximum absolute atomic E-state index is 10.2. The van der Waals surface area contributed by atoms with Crippen molar-refractivity contribution in [2.24, 2.45) is 0 Å². The van der Waals surface area contributed by atoms with Crippen LogP contribution in [0.1, 0.15) is 10.4 Å². The van der Waals surface area contributed by atoms with Gasteiger partial charge in [0, 0.05) is 41.1 Å². The Balaban J connectivity index is 0. The van der Waals surface area contributed by atoms with Gasteiger partial charge in [-0.15, -0.1) is 0 Å². The summed E-state index contributed by atoms with van der Waals surface area (Å²) >= 11 is 0. The van der Waals surface area contributed by atoms with E-state index in [9.17, 15) is 4.79 Å². The van der Waals surface area contributed by atoms with Gasteiger partial charge in [-0.3, -0.25) is 0 Å². The minimum absolute atomic E-state index is 0. The molecule has 0 saturated carbocycles. The van der Waals surface area contributed by atoms with E-state index >= 15 is 0 Å². The molecule has 0 fully saturated rings. The van der Waals surface area contributed by atoms with Crippen LogP contribution in [0.15, 0.2) is 30.3 Å². The van der Waals surface area contributed by atoms with Gasteiger partial charge in [-0.1, -0.05) is 18.2 Å². The van der Waals surface area contributed by atoms with Crippen LogP contribution in [0.4, 0.5) is 0 Å². The van der Waals surface area contributed by atoms with Crippen molar-refractivity contribution >= 4 is 14.4 Å². The van der Waals surface area contributed by atoms with Crippen molar-refractivity contribution in [2.75, 3.05) is 0 Å². The third kappa shape index (κ3) is 4.33. The van der Waals surface area contributed by atoms with Crippen LogP contribution in [-0.2, 0) is 32.7 Å². The Morgan fingerprint density at radius 1 is 1.18 bits per heavy atom. The molecule has 1 rings (SSSR count). The summed E-state index contributed by atoms with van der Waals surface area (Å²) in [7, 11) is 0. The molecule has 52 valence electrons. The zero-order valence-electron chi connectivity index (χ0n) is 5.90. The molecule has 0 aliphatic carbocycles. The maximum atomic E-state index is 10.2. The second-order valence-corrected chi connectivity index (χ2v) is 1.67. The van der Waals surface area contributed by atoms with E-state index in [1.54, 1.807) is 30.3 Å². The van der Waals surface area contributed by atoms with Crippen LogP contribution in [0, 0.1) is 0 Å². The Hall–Kier alpha value is -0.141. The molecule has 0 spiro atoms. The number of hydrogen-bond donors (Lipinski definition) is 1. The molecule has 0 aliphatic heterocycles. The quantitative estimate of drug-likeness (QED) is 0.719. The van der Waals surface area contributed by atoms with Crippen LogP contribution < -0.4 is 0 Å². The van der Waals surface area contributed by atoms with E-state index in [0.29, 0.717) is 5.56 Å². The minimum atomic E-state index is -0.879. The Kier molecular flexibility index (Phi) is 8.02. The molecule has 11 heavy (non-hydrogen) atoms. The molecule has 0 unspecified atom stereocenters. The van der Waals surface area contributed by atoms with Gasteiger partial charge in [0.1, 0.15) is 0 Å². The average Bonchev–Trinajstić information content (AvgIpc) is 1.90. The Bertz CT molecular complexity index is 213. The first kappa shape index (κ1) is 13.4. The van der Waals surface area contributed by atoms with Crippen LogP contribution in [0.25, 0.3) is 0 Å². The van der Waals surface area contributed by atoms with E-state index in [-0.39, 0.29) is 41.1 Å². The Labute approximate surface area is 92.5 Å². The second-order valence-electron chi connectivity index (χ2n) is 1.67. The monoisotopic (exact) mass is 222 g/mol. The molecule has 1 aromatic rings. The molecule has 0 heterocycles. The molecule has 0 saturated heterocycles. The predicted octanol–water partition coefficient (Wildman–Crippen LogP) is 1.00. The summed E-state index contributed by atoms with van der Waals surface area (Å²) in [5, 5.41) is 8.38. The van der Waals surface area contributed by atoms with Crippen molar-refractivity contribution in [3.05, 3.63) is 35.9 Å². The number of aromatic carboxylic acids is 1. The van der Waals surface area contributed by atoms with E-state index < -0.39 is 5.97 Å². The van der Waals surface area contributed by atoms with Gasteiger partial charge >= 0.3 is 5.97 Å². The van der Waals surface area contributed by atoms with Gasteiger partial charge in [-0.05, 0) is 12.1 Å². The topological polar surface area (TPSA) is 37.3 Å². The molecule has 4 radical (unpaired) electrons. The molecule has 1 N–H and O–H groups in total. The van der Waals surface area contributed by atoms with E-state index in [4.69, 9.17) is 5.11 Å². The van der Waals surface area contributed by atoms with Gasteiger partial charge in [-0.2, -0.15) is 0 Å². The number of carbonyl (C=O) groups is 1. The van der Waals surface area contributed by atoms with Crippen molar-refractivity contribution in [1.82, 2.24) is 0 Å². The standard InChI is InChI=1S/C7H6O2.B.Y/c8-7(9)6-4-2-1-3-5-6;;/h1-5H,(H,8,9);;. The van der Waals surface area contributed by atoms with E-state index in [1.807, 2.05) is 0 Å².